The third-order valence-corrected chi connectivity index (χ3v) is 4.55. The number of hydrogen-bond donors (Lipinski definition) is 3. The molecule has 0 aliphatic carbocycles. The molecule has 0 saturated carbocycles. The average molecular weight is 391 g/mol. The molecular weight excluding hydrogens is 370 g/mol. The van der Waals surface area contributed by atoms with Crippen LogP contribution in [0, 0.1) is 0 Å². The van der Waals surface area contributed by atoms with Crippen LogP contribution in [0.3, 0.4) is 0 Å². The zero-order chi connectivity index (χ0) is 21.1. The first-order chi connectivity index (χ1) is 13.8. The van der Waals surface area contributed by atoms with E-state index in [0.717, 1.165) is 0 Å². The molecule has 0 saturated heterocycles. The van der Waals surface area contributed by atoms with E-state index in [2.05, 4.69) is 10.6 Å². The van der Waals surface area contributed by atoms with E-state index in [1.807, 2.05) is 0 Å². The number of rotatable bonds is 4. The van der Waals surface area contributed by atoms with E-state index in [1.54, 1.807) is 55.6 Å². The van der Waals surface area contributed by atoms with Crippen LogP contribution in [0.1, 0.15) is 24.2 Å². The summed E-state index contributed by atoms with van der Waals surface area (Å²) in [7, 11) is 1.65. The maximum absolute atomic E-state index is 12.7. The lowest BCUT2D eigenvalue weighted by Crippen LogP contribution is -2.23. The zero-order valence-corrected chi connectivity index (χ0v) is 16.3. The lowest BCUT2D eigenvalue weighted by Gasteiger charge is -2.18. The number of benzene rings is 3. The van der Waals surface area contributed by atoms with Gasteiger partial charge in [-0.2, -0.15) is 0 Å². The molecule has 0 bridgehead atoms. The molecule has 0 aromatic heterocycles. The first-order valence-electron chi connectivity index (χ1n) is 8.96. The van der Waals surface area contributed by atoms with E-state index in [4.69, 9.17) is 0 Å². The Balaban J connectivity index is 1.90. The highest BCUT2D eigenvalue weighted by molar-refractivity contribution is 6.12. The van der Waals surface area contributed by atoms with Crippen LogP contribution in [0.5, 0.6) is 5.75 Å². The third kappa shape index (κ3) is 4.19. The molecule has 7 heteroatoms. The molecule has 29 heavy (non-hydrogen) atoms. The maximum Gasteiger partial charge on any atom is 0.259 e. The normalized spacial score (nSPS) is 10.4. The molecule has 3 aromatic rings. The van der Waals surface area contributed by atoms with Crippen molar-refractivity contribution in [2.75, 3.05) is 22.6 Å². The van der Waals surface area contributed by atoms with Gasteiger partial charge in [0.25, 0.3) is 5.91 Å². The standard InChI is InChI=1S/C22H21N3O4/c1-13(26)23-15-7-9-16(10-8-15)24-22(29)19-12-11-17-18(21(19)28)5-4-6-20(17)25(3)14(2)27/h4-12,28H,1-3H3,(H,23,26)(H,24,29). The van der Waals surface area contributed by atoms with E-state index in [9.17, 15) is 19.5 Å². The van der Waals surface area contributed by atoms with Crippen molar-refractivity contribution in [1.82, 2.24) is 0 Å². The molecule has 0 atom stereocenters. The van der Waals surface area contributed by atoms with Crippen LogP contribution >= 0.6 is 0 Å². The first-order valence-corrected chi connectivity index (χ1v) is 8.96. The van der Waals surface area contributed by atoms with Crippen molar-refractivity contribution in [1.29, 1.82) is 0 Å². The third-order valence-electron chi connectivity index (χ3n) is 4.55. The van der Waals surface area contributed by atoms with Crippen LogP contribution in [0.4, 0.5) is 17.1 Å². The summed E-state index contributed by atoms with van der Waals surface area (Å²) in [5.74, 6) is -0.949. The summed E-state index contributed by atoms with van der Waals surface area (Å²) in [6.45, 7) is 2.87. The Hall–Kier alpha value is -3.87. The Bertz CT molecular complexity index is 1110. The van der Waals surface area contributed by atoms with Crippen molar-refractivity contribution < 1.29 is 19.5 Å². The number of anilines is 3. The van der Waals surface area contributed by atoms with Crippen molar-refractivity contribution in [2.24, 2.45) is 0 Å². The molecule has 3 N–H and O–H groups in total. The topological polar surface area (TPSA) is 98.7 Å². The van der Waals surface area contributed by atoms with Crippen LogP contribution in [0.15, 0.2) is 54.6 Å². The minimum Gasteiger partial charge on any atom is -0.506 e. The summed E-state index contributed by atoms with van der Waals surface area (Å²) in [6, 6.07) is 15.1. The van der Waals surface area contributed by atoms with E-state index in [-0.39, 0.29) is 23.1 Å². The van der Waals surface area contributed by atoms with Gasteiger partial charge in [-0.15, -0.1) is 0 Å². The van der Waals surface area contributed by atoms with Crippen molar-refractivity contribution in [3.63, 3.8) is 0 Å². The van der Waals surface area contributed by atoms with Crippen molar-refractivity contribution in [3.8, 4) is 5.75 Å². The molecule has 3 rings (SSSR count). The summed E-state index contributed by atoms with van der Waals surface area (Å²) in [4.78, 5) is 36.9. The number of aromatic hydroxyl groups is 1. The number of phenolic OH excluding ortho intramolecular Hbond substituents is 1. The number of nitrogens with one attached hydrogen (secondary N) is 2. The van der Waals surface area contributed by atoms with Crippen LogP contribution in [0.2, 0.25) is 0 Å². The molecular formula is C22H21N3O4. The summed E-state index contributed by atoms with van der Waals surface area (Å²) in [6.07, 6.45) is 0. The van der Waals surface area contributed by atoms with Crippen molar-refractivity contribution in [2.45, 2.75) is 13.8 Å². The number of phenols is 1. The molecule has 0 spiro atoms. The lowest BCUT2D eigenvalue weighted by molar-refractivity contribution is -0.116. The van der Waals surface area contributed by atoms with Gasteiger partial charge in [-0.25, -0.2) is 0 Å². The predicted octanol–water partition coefficient (Wildman–Crippen LogP) is 3.74. The van der Waals surface area contributed by atoms with Crippen LogP contribution in [-0.4, -0.2) is 29.9 Å². The quantitative estimate of drug-likeness (QED) is 0.631. The number of carbonyl (C=O) groups is 3. The van der Waals surface area contributed by atoms with E-state index < -0.39 is 5.91 Å². The van der Waals surface area contributed by atoms with Crippen molar-refractivity contribution >= 4 is 45.6 Å². The summed E-state index contributed by atoms with van der Waals surface area (Å²) in [5.41, 5.74) is 1.90. The fourth-order valence-electron chi connectivity index (χ4n) is 3.01. The highest BCUT2D eigenvalue weighted by atomic mass is 16.3. The van der Waals surface area contributed by atoms with Gasteiger partial charge in [-0.1, -0.05) is 18.2 Å². The number of nitrogens with zero attached hydrogens (tertiary/aromatic N) is 1. The Morgan fingerprint density at radius 3 is 2.03 bits per heavy atom. The molecule has 0 unspecified atom stereocenters. The molecule has 0 fully saturated rings. The SMILES string of the molecule is CC(=O)Nc1ccc(NC(=O)c2ccc3c(N(C)C(C)=O)cccc3c2O)cc1. The first kappa shape index (κ1) is 19.9. The molecule has 3 aromatic carbocycles. The number of carbonyl (C=O) groups excluding carboxylic acids is 3. The second-order valence-electron chi connectivity index (χ2n) is 6.62. The number of amides is 3. The van der Waals surface area contributed by atoms with E-state index in [0.29, 0.717) is 27.8 Å². The minimum atomic E-state index is -0.470. The molecule has 0 heterocycles. The van der Waals surface area contributed by atoms with E-state index >= 15 is 0 Å². The van der Waals surface area contributed by atoms with Crippen LogP contribution in [-0.2, 0) is 9.59 Å². The fourth-order valence-corrected chi connectivity index (χ4v) is 3.01. The largest absolute Gasteiger partial charge is 0.506 e. The lowest BCUT2D eigenvalue weighted by atomic mass is 10.0. The smallest absolute Gasteiger partial charge is 0.259 e. The van der Waals surface area contributed by atoms with Gasteiger partial charge in [0.2, 0.25) is 11.8 Å². The Kier molecular flexibility index (Phi) is 5.50. The monoisotopic (exact) mass is 391 g/mol. The van der Waals surface area contributed by atoms with Gasteiger partial charge in [-0.3, -0.25) is 14.4 Å². The minimum absolute atomic E-state index is 0.117. The fraction of sp³-hybridized carbons (Fsp3) is 0.136. The van der Waals surface area contributed by atoms with Crippen LogP contribution in [0.25, 0.3) is 10.8 Å². The summed E-state index contributed by atoms with van der Waals surface area (Å²) < 4.78 is 0. The molecule has 3 amide bonds. The number of fused-ring (bicyclic) bond motifs is 1. The second kappa shape index (κ2) is 8.02. The van der Waals surface area contributed by atoms with Crippen molar-refractivity contribution in [3.05, 3.63) is 60.2 Å². The molecule has 0 radical (unpaired) electrons. The van der Waals surface area contributed by atoms with E-state index in [1.165, 1.54) is 24.8 Å². The molecule has 148 valence electrons. The highest BCUT2D eigenvalue weighted by Crippen LogP contribution is 2.34. The van der Waals surface area contributed by atoms with Crippen LogP contribution < -0.4 is 15.5 Å². The number of hydrogen-bond acceptors (Lipinski definition) is 4. The zero-order valence-electron chi connectivity index (χ0n) is 16.3. The Morgan fingerprint density at radius 1 is 0.828 bits per heavy atom. The Labute approximate surface area is 167 Å². The highest BCUT2D eigenvalue weighted by Gasteiger charge is 2.17. The molecule has 0 aliphatic rings. The second-order valence-corrected chi connectivity index (χ2v) is 6.62. The summed E-state index contributed by atoms with van der Waals surface area (Å²) >= 11 is 0. The molecule has 7 nitrogen and oxygen atoms in total. The maximum atomic E-state index is 12.7. The predicted molar refractivity (Wildman–Crippen MR) is 113 cm³/mol. The average Bonchev–Trinajstić information content (AvgIpc) is 2.68. The van der Waals surface area contributed by atoms with Gasteiger partial charge in [0.15, 0.2) is 0 Å². The van der Waals surface area contributed by atoms with Gasteiger partial charge in [0.05, 0.1) is 11.3 Å². The van der Waals surface area contributed by atoms with Gasteiger partial charge >= 0.3 is 0 Å². The van der Waals surface area contributed by atoms with Gasteiger partial charge < -0.3 is 20.6 Å². The summed E-state index contributed by atoms with van der Waals surface area (Å²) in [5, 5.41) is 17.2. The van der Waals surface area contributed by atoms with Gasteiger partial charge in [-0.05, 0) is 36.4 Å². The molecule has 0 aliphatic heterocycles. The van der Waals surface area contributed by atoms with Gasteiger partial charge in [0.1, 0.15) is 5.75 Å². The Morgan fingerprint density at radius 2 is 1.45 bits per heavy atom. The van der Waals surface area contributed by atoms with Gasteiger partial charge in [0, 0.05) is 43.0 Å².